The van der Waals surface area contributed by atoms with Crippen LogP contribution in [0.4, 0.5) is 13.2 Å². The fraction of sp³-hybridized carbons (Fsp3) is 0.364. The summed E-state index contributed by atoms with van der Waals surface area (Å²) in [6, 6.07) is 4.27. The lowest BCUT2D eigenvalue weighted by molar-refractivity contribution is -0.170. The number of Topliss-reactive ketones (excluding diaryl/α,β-unsaturated/α-hetero) is 1. The zero-order valence-electron chi connectivity index (χ0n) is 9.38. The highest BCUT2D eigenvalue weighted by molar-refractivity contribution is 6.34. The van der Waals surface area contributed by atoms with E-state index < -0.39 is 25.2 Å². The molecule has 18 heavy (non-hydrogen) atoms. The number of hydrogen-bond donors (Lipinski definition) is 0. The summed E-state index contributed by atoms with van der Waals surface area (Å²) in [6.07, 6.45) is -4.45. The minimum absolute atomic E-state index is 0.0969. The summed E-state index contributed by atoms with van der Waals surface area (Å²) in [5, 5.41) is 0.106. The quantitative estimate of drug-likeness (QED) is 0.779. The Balaban J connectivity index is 2.62. The van der Waals surface area contributed by atoms with E-state index in [0.29, 0.717) is 5.75 Å². The molecule has 0 atom stereocenters. The fourth-order valence-electron chi connectivity index (χ4n) is 1.19. The van der Waals surface area contributed by atoms with Crippen LogP contribution in [0.3, 0.4) is 0 Å². The number of methoxy groups -OCH3 is 1. The highest BCUT2D eigenvalue weighted by Crippen LogP contribution is 2.23. The summed E-state index contributed by atoms with van der Waals surface area (Å²) < 4.78 is 44.6. The van der Waals surface area contributed by atoms with Crippen LogP contribution in [0.5, 0.6) is 5.75 Å². The molecule has 0 aliphatic rings. The van der Waals surface area contributed by atoms with Crippen molar-refractivity contribution in [1.29, 1.82) is 0 Å². The molecule has 0 heterocycles. The van der Waals surface area contributed by atoms with Gasteiger partial charge in [0.1, 0.15) is 19.0 Å². The van der Waals surface area contributed by atoms with Crippen molar-refractivity contribution in [3.63, 3.8) is 0 Å². The number of carbonyl (C=O) groups excluding carboxylic acids is 1. The maximum absolute atomic E-state index is 11.8. The van der Waals surface area contributed by atoms with Crippen LogP contribution in [0, 0.1) is 0 Å². The number of hydrogen-bond acceptors (Lipinski definition) is 3. The van der Waals surface area contributed by atoms with Gasteiger partial charge < -0.3 is 9.47 Å². The Kier molecular flexibility index (Phi) is 4.98. The van der Waals surface area contributed by atoms with Crippen molar-refractivity contribution >= 4 is 17.4 Å². The molecule has 3 nitrogen and oxygen atoms in total. The lowest BCUT2D eigenvalue weighted by Gasteiger charge is -2.08. The van der Waals surface area contributed by atoms with E-state index in [1.165, 1.54) is 25.3 Å². The predicted molar refractivity (Wildman–Crippen MR) is 59.2 cm³/mol. The van der Waals surface area contributed by atoms with E-state index in [9.17, 15) is 18.0 Å². The number of rotatable bonds is 5. The third-order valence-corrected chi connectivity index (χ3v) is 2.29. The first-order chi connectivity index (χ1) is 8.33. The van der Waals surface area contributed by atoms with E-state index in [2.05, 4.69) is 4.74 Å². The zero-order valence-corrected chi connectivity index (χ0v) is 10.1. The molecule has 1 rings (SSSR count). The first kappa shape index (κ1) is 14.8. The van der Waals surface area contributed by atoms with Gasteiger partial charge in [0.15, 0.2) is 5.78 Å². The van der Waals surface area contributed by atoms with Crippen molar-refractivity contribution in [3.8, 4) is 5.75 Å². The lowest BCUT2D eigenvalue weighted by atomic mass is 10.1. The molecule has 1 aromatic carbocycles. The average Bonchev–Trinajstić information content (AvgIpc) is 2.26. The Morgan fingerprint density at radius 3 is 2.56 bits per heavy atom. The van der Waals surface area contributed by atoms with Gasteiger partial charge in [-0.3, -0.25) is 4.79 Å². The van der Waals surface area contributed by atoms with E-state index >= 15 is 0 Å². The van der Waals surface area contributed by atoms with E-state index in [1.54, 1.807) is 0 Å². The average molecular weight is 283 g/mol. The van der Waals surface area contributed by atoms with Crippen molar-refractivity contribution < 1.29 is 27.4 Å². The van der Waals surface area contributed by atoms with Crippen LogP contribution in [0.1, 0.15) is 10.4 Å². The van der Waals surface area contributed by atoms with E-state index in [0.717, 1.165) is 0 Å². The van der Waals surface area contributed by atoms with Crippen LogP contribution >= 0.6 is 11.6 Å². The minimum atomic E-state index is -4.45. The Morgan fingerprint density at radius 1 is 1.39 bits per heavy atom. The summed E-state index contributed by atoms with van der Waals surface area (Å²) in [5.74, 6) is -0.167. The summed E-state index contributed by atoms with van der Waals surface area (Å²) >= 11 is 5.79. The molecule has 0 aliphatic carbocycles. The van der Waals surface area contributed by atoms with E-state index in [-0.39, 0.29) is 10.6 Å². The molecule has 0 amide bonds. The maximum Gasteiger partial charge on any atom is 0.411 e. The molecule has 0 radical (unpaired) electrons. The van der Waals surface area contributed by atoms with Crippen molar-refractivity contribution in [1.82, 2.24) is 0 Å². The number of benzene rings is 1. The molecule has 0 unspecified atom stereocenters. The van der Waals surface area contributed by atoms with Gasteiger partial charge in [0.25, 0.3) is 0 Å². The highest BCUT2D eigenvalue weighted by atomic mass is 35.5. The molecular weight excluding hydrogens is 273 g/mol. The molecule has 0 bridgehead atoms. The first-order valence-electron chi connectivity index (χ1n) is 4.84. The van der Waals surface area contributed by atoms with Crippen molar-refractivity contribution in [3.05, 3.63) is 28.8 Å². The molecule has 0 saturated carbocycles. The topological polar surface area (TPSA) is 35.5 Å². The predicted octanol–water partition coefficient (Wildman–Crippen LogP) is 3.11. The van der Waals surface area contributed by atoms with Crippen molar-refractivity contribution in [2.45, 2.75) is 6.18 Å². The normalized spacial score (nSPS) is 11.4. The molecule has 0 N–H and O–H groups in total. The van der Waals surface area contributed by atoms with Crippen LogP contribution in [-0.4, -0.2) is 32.3 Å². The molecule has 100 valence electrons. The number of halogens is 4. The standard InChI is InChI=1S/C11H10ClF3O3/c1-17-7-2-3-8(9(12)4-7)10(16)5-18-6-11(13,14)15/h2-4H,5-6H2,1H3. The van der Waals surface area contributed by atoms with Gasteiger partial charge in [0, 0.05) is 5.56 Å². The zero-order chi connectivity index (χ0) is 13.8. The Hall–Kier alpha value is -1.27. The fourth-order valence-corrected chi connectivity index (χ4v) is 1.46. The molecule has 0 spiro atoms. The van der Waals surface area contributed by atoms with Crippen LogP contribution in [0.15, 0.2) is 18.2 Å². The molecule has 0 saturated heterocycles. The van der Waals surface area contributed by atoms with Crippen LogP contribution in [0.25, 0.3) is 0 Å². The van der Waals surface area contributed by atoms with Gasteiger partial charge in [0.05, 0.1) is 12.1 Å². The Labute approximate surface area is 106 Å². The first-order valence-corrected chi connectivity index (χ1v) is 5.22. The van der Waals surface area contributed by atoms with E-state index in [1.807, 2.05) is 0 Å². The van der Waals surface area contributed by atoms with Gasteiger partial charge in [-0.15, -0.1) is 0 Å². The molecular formula is C11H10ClF3O3. The molecule has 0 fully saturated rings. The van der Waals surface area contributed by atoms with Crippen molar-refractivity contribution in [2.75, 3.05) is 20.3 Å². The van der Waals surface area contributed by atoms with Gasteiger partial charge in [-0.25, -0.2) is 0 Å². The molecule has 0 aromatic heterocycles. The highest BCUT2D eigenvalue weighted by Gasteiger charge is 2.28. The van der Waals surface area contributed by atoms with Gasteiger partial charge in [-0.05, 0) is 18.2 Å². The van der Waals surface area contributed by atoms with Crippen LogP contribution < -0.4 is 4.74 Å². The van der Waals surface area contributed by atoms with Gasteiger partial charge in [0.2, 0.25) is 0 Å². The third-order valence-electron chi connectivity index (χ3n) is 1.98. The lowest BCUT2D eigenvalue weighted by Crippen LogP contribution is -2.20. The van der Waals surface area contributed by atoms with E-state index in [4.69, 9.17) is 16.3 Å². The number of ketones is 1. The summed E-state index contributed by atoms with van der Waals surface area (Å²) in [7, 11) is 1.43. The second-order valence-electron chi connectivity index (χ2n) is 3.38. The molecule has 7 heteroatoms. The Bertz CT molecular complexity index is 432. The van der Waals surface area contributed by atoms with Gasteiger partial charge in [-0.1, -0.05) is 11.6 Å². The van der Waals surface area contributed by atoms with Crippen LogP contribution in [-0.2, 0) is 4.74 Å². The molecule has 0 aliphatic heterocycles. The number of ether oxygens (including phenoxy) is 2. The van der Waals surface area contributed by atoms with Crippen molar-refractivity contribution in [2.24, 2.45) is 0 Å². The van der Waals surface area contributed by atoms with Gasteiger partial charge >= 0.3 is 6.18 Å². The summed E-state index contributed by atoms with van der Waals surface area (Å²) in [6.45, 7) is -2.14. The number of alkyl halides is 3. The number of carbonyl (C=O) groups is 1. The largest absolute Gasteiger partial charge is 0.497 e. The third kappa shape index (κ3) is 4.54. The minimum Gasteiger partial charge on any atom is -0.497 e. The summed E-state index contributed by atoms with van der Waals surface area (Å²) in [5.41, 5.74) is 0.0969. The second kappa shape index (κ2) is 6.06. The SMILES string of the molecule is COc1ccc(C(=O)COCC(F)(F)F)c(Cl)c1. The smallest absolute Gasteiger partial charge is 0.411 e. The maximum atomic E-state index is 11.8. The van der Waals surface area contributed by atoms with Gasteiger partial charge in [-0.2, -0.15) is 13.2 Å². The second-order valence-corrected chi connectivity index (χ2v) is 3.78. The summed E-state index contributed by atoms with van der Waals surface area (Å²) in [4.78, 5) is 11.5. The Morgan fingerprint density at radius 2 is 2.06 bits per heavy atom. The monoisotopic (exact) mass is 282 g/mol. The van der Waals surface area contributed by atoms with Crippen LogP contribution in [0.2, 0.25) is 5.02 Å². The molecule has 1 aromatic rings.